The maximum absolute atomic E-state index is 14.3. The molecule has 18 nitrogen and oxygen atoms in total. The molecule has 0 bridgehead atoms. The number of sulfonamides is 1. The first-order chi connectivity index (χ1) is 30.5. The molecule has 0 unspecified atom stereocenters. The molecule has 0 saturated carbocycles. The molecule has 5 atom stereocenters. The van der Waals surface area contributed by atoms with Crippen LogP contribution in [-0.4, -0.2) is 110 Å². The third-order valence-corrected chi connectivity index (χ3v) is 12.6. The Morgan fingerprint density at radius 2 is 1.55 bits per heavy atom. The number of amides is 4. The van der Waals surface area contributed by atoms with Crippen molar-refractivity contribution in [1.82, 2.24) is 30.6 Å². The number of nitrogens with zero attached hydrogens (tertiary/aromatic N) is 3. The van der Waals surface area contributed by atoms with Crippen molar-refractivity contribution in [3.8, 4) is 0 Å². The molecule has 2 heterocycles. The van der Waals surface area contributed by atoms with Crippen molar-refractivity contribution in [3.05, 3.63) is 108 Å². The number of aromatic amines is 1. The van der Waals surface area contributed by atoms with Gasteiger partial charge in [0.2, 0.25) is 33.7 Å². The summed E-state index contributed by atoms with van der Waals surface area (Å²) >= 11 is 0. The normalized spacial score (nSPS) is 15.7. The zero-order valence-corrected chi connectivity index (χ0v) is 36.6. The Morgan fingerprint density at radius 3 is 2.27 bits per heavy atom. The van der Waals surface area contributed by atoms with E-state index in [2.05, 4.69) is 30.6 Å². The number of nitrogens with two attached hydrogens (primary N) is 2. The highest BCUT2D eigenvalue weighted by Gasteiger charge is 2.39. The lowest BCUT2D eigenvalue weighted by molar-refractivity contribution is -0.144. The van der Waals surface area contributed by atoms with Crippen molar-refractivity contribution >= 4 is 72.9 Å². The van der Waals surface area contributed by atoms with Crippen molar-refractivity contribution in [2.45, 2.75) is 74.1 Å². The van der Waals surface area contributed by atoms with Gasteiger partial charge in [0.05, 0.1) is 4.90 Å². The predicted octanol–water partition coefficient (Wildman–Crippen LogP) is 2.25. The van der Waals surface area contributed by atoms with E-state index in [0.717, 1.165) is 16.6 Å². The summed E-state index contributed by atoms with van der Waals surface area (Å²) in [6, 6.07) is 19.5. The number of carboxylic acids is 1. The van der Waals surface area contributed by atoms with Crippen LogP contribution in [0.15, 0.2) is 107 Å². The van der Waals surface area contributed by atoms with Crippen molar-refractivity contribution in [2.24, 2.45) is 16.5 Å². The molecule has 64 heavy (non-hydrogen) atoms. The van der Waals surface area contributed by atoms with Crippen molar-refractivity contribution in [1.29, 1.82) is 0 Å². The van der Waals surface area contributed by atoms with Crippen LogP contribution in [0.5, 0.6) is 0 Å². The zero-order chi connectivity index (χ0) is 46.1. The molecule has 1 saturated heterocycles. The second-order valence-corrected chi connectivity index (χ2v) is 17.6. The van der Waals surface area contributed by atoms with E-state index >= 15 is 0 Å². The number of guanidine groups is 1. The number of fused-ring (bicyclic) bond motifs is 2. The minimum atomic E-state index is -4.39. The number of hydrogen-bond donors (Lipinski definition) is 8. The predicted molar refractivity (Wildman–Crippen MR) is 244 cm³/mol. The lowest BCUT2D eigenvalue weighted by atomic mass is 10.0. The first-order valence-corrected chi connectivity index (χ1v) is 22.3. The lowest BCUT2D eigenvalue weighted by Gasteiger charge is -2.29. The molecule has 10 N–H and O–H groups in total. The Bertz CT molecular complexity index is 2650. The van der Waals surface area contributed by atoms with Gasteiger partial charge in [-0.1, -0.05) is 72.8 Å². The Hall–Kier alpha value is -6.99. The molecule has 1 aromatic heterocycles. The van der Waals surface area contributed by atoms with Gasteiger partial charge in [-0.05, 0) is 61.9 Å². The summed E-state index contributed by atoms with van der Waals surface area (Å²) in [6.07, 6.45) is 2.63. The number of rotatable bonds is 19. The number of aliphatic imine (C=N–C) groups is 1. The number of carboxylic acid groups (broad SMARTS) is 1. The highest BCUT2D eigenvalue weighted by atomic mass is 32.2. The summed E-state index contributed by atoms with van der Waals surface area (Å²) in [4.78, 5) is 78.4. The minimum Gasteiger partial charge on any atom is -0.480 e. The van der Waals surface area contributed by atoms with E-state index in [1.165, 1.54) is 17.9 Å². The van der Waals surface area contributed by atoms with E-state index < -0.39 is 69.8 Å². The molecular weight excluding hydrogens is 841 g/mol. The SMILES string of the molecule is C[C@H](NC(=O)[C@H](CCCN=C(N)N)NC(=O)[C@H](NS(=O)(=O)c1cccc2c(N(C)C)cccc12)c1ccccc1)C(=O)N1CCC[C@H]1C(=O)N[C@@H](Cc1c[nH]c2ccccc12)C(=O)O. The van der Waals surface area contributed by atoms with Gasteiger partial charge in [-0.25, -0.2) is 13.2 Å². The summed E-state index contributed by atoms with van der Waals surface area (Å²) in [6.45, 7) is 1.72. The van der Waals surface area contributed by atoms with Crippen LogP contribution in [0.3, 0.4) is 0 Å². The number of carbonyl (C=O) groups is 5. The average molecular weight is 895 g/mol. The number of benzene rings is 4. The highest BCUT2D eigenvalue weighted by molar-refractivity contribution is 7.89. The molecule has 338 valence electrons. The molecule has 0 aliphatic carbocycles. The van der Waals surface area contributed by atoms with Crippen molar-refractivity contribution in [2.75, 3.05) is 32.1 Å². The third kappa shape index (κ3) is 11.0. The summed E-state index contributed by atoms with van der Waals surface area (Å²) in [5.41, 5.74) is 13.6. The van der Waals surface area contributed by atoms with Gasteiger partial charge in [0.25, 0.3) is 0 Å². The van der Waals surface area contributed by atoms with Crippen molar-refractivity contribution < 1.29 is 37.5 Å². The largest absolute Gasteiger partial charge is 0.480 e. The Balaban J connectivity index is 1.18. The topological polar surface area (TPSA) is 275 Å². The summed E-state index contributed by atoms with van der Waals surface area (Å²) in [7, 11) is -0.694. The maximum atomic E-state index is 14.3. The Labute approximate surface area is 370 Å². The van der Waals surface area contributed by atoms with Gasteiger partial charge in [-0.15, -0.1) is 0 Å². The first kappa shape index (κ1) is 46.5. The summed E-state index contributed by atoms with van der Waals surface area (Å²) < 4.78 is 31.0. The number of likely N-dealkylation sites (tertiary alicyclic amines) is 1. The third-order valence-electron chi connectivity index (χ3n) is 11.2. The molecule has 1 aliphatic rings. The average Bonchev–Trinajstić information content (AvgIpc) is 3.93. The number of hydrogen-bond acceptors (Lipinski definition) is 9. The van der Waals surface area contributed by atoms with Gasteiger partial charge >= 0.3 is 5.97 Å². The molecule has 19 heteroatoms. The Kier molecular flexibility index (Phi) is 14.9. The summed E-state index contributed by atoms with van der Waals surface area (Å²) in [5, 5.41) is 20.0. The first-order valence-electron chi connectivity index (χ1n) is 20.9. The van der Waals surface area contributed by atoms with Gasteiger partial charge in [-0.3, -0.25) is 24.2 Å². The number of aliphatic carboxylic acids is 1. The molecule has 1 fully saturated rings. The molecule has 0 radical (unpaired) electrons. The number of aromatic nitrogens is 1. The fourth-order valence-electron chi connectivity index (χ4n) is 7.97. The van der Waals surface area contributed by atoms with Gasteiger partial charge < -0.3 is 47.3 Å². The fourth-order valence-corrected chi connectivity index (χ4v) is 9.37. The van der Waals surface area contributed by atoms with Crippen LogP contribution >= 0.6 is 0 Å². The zero-order valence-electron chi connectivity index (χ0n) is 35.8. The number of carbonyl (C=O) groups excluding carboxylic acids is 4. The minimum absolute atomic E-state index is 0.00185. The standard InChI is InChI=1S/C45H54N10O8S/c1-27(43(59)55-24-12-21-37(55)41(57)52-35(44(60)61)25-29-26-49-33-18-8-7-15-30(29)33)50-40(56)34(19-11-23-48-45(46)47)51-42(58)39(28-13-5-4-6-14-28)53-64(62,63)38-22-10-16-31-32(38)17-9-20-36(31)54(2)3/h4-10,13-18,20,22,26-27,34-35,37,39,49,53H,11-12,19,21,23-25H2,1-3H3,(H,50,56)(H,51,58)(H,52,57)(H,60,61)(H4,46,47,48)/t27-,34-,35-,37-,39+/m0/s1. The van der Waals surface area contributed by atoms with Gasteiger partial charge in [0.15, 0.2) is 5.96 Å². The summed E-state index contributed by atoms with van der Waals surface area (Å²) in [5.74, 6) is -4.26. The van der Waals surface area contributed by atoms with Crippen molar-refractivity contribution in [3.63, 3.8) is 0 Å². The number of nitrogens with one attached hydrogen (secondary N) is 5. The molecule has 5 aromatic rings. The van der Waals surface area contributed by atoms with E-state index in [9.17, 15) is 37.5 Å². The van der Waals surface area contributed by atoms with Crippen LogP contribution in [0.4, 0.5) is 5.69 Å². The van der Waals surface area contributed by atoms with Gasteiger partial charge in [0, 0.05) is 67.2 Å². The highest BCUT2D eigenvalue weighted by Crippen LogP contribution is 2.31. The number of H-pyrrole nitrogens is 1. The molecular formula is C45H54N10O8S. The fraction of sp³-hybridized carbons (Fsp3) is 0.333. The molecule has 4 amide bonds. The van der Waals surface area contributed by atoms with Crippen LogP contribution in [-0.2, 0) is 40.4 Å². The second-order valence-electron chi connectivity index (χ2n) is 15.9. The van der Waals surface area contributed by atoms with Crippen LogP contribution in [0.1, 0.15) is 49.8 Å². The van der Waals surface area contributed by atoms with Crippen LogP contribution in [0.2, 0.25) is 0 Å². The van der Waals surface area contributed by atoms with Crippen LogP contribution < -0.4 is 37.0 Å². The molecule has 4 aromatic carbocycles. The lowest BCUT2D eigenvalue weighted by Crippen LogP contribution is -2.57. The van der Waals surface area contributed by atoms with Gasteiger partial charge in [-0.2, -0.15) is 4.72 Å². The number of para-hydroxylation sites is 1. The Morgan fingerprint density at radius 1 is 0.859 bits per heavy atom. The van der Waals surface area contributed by atoms with E-state index in [1.54, 1.807) is 54.7 Å². The van der Waals surface area contributed by atoms with Crippen LogP contribution in [0, 0.1) is 0 Å². The van der Waals surface area contributed by atoms with E-state index in [1.807, 2.05) is 55.4 Å². The number of anilines is 1. The smallest absolute Gasteiger partial charge is 0.326 e. The van der Waals surface area contributed by atoms with E-state index in [4.69, 9.17) is 11.5 Å². The maximum Gasteiger partial charge on any atom is 0.326 e. The molecule has 6 rings (SSSR count). The van der Waals surface area contributed by atoms with Gasteiger partial charge in [0.1, 0.15) is 30.2 Å². The molecule has 1 aliphatic heterocycles. The quantitative estimate of drug-likeness (QED) is 0.0338. The van der Waals surface area contributed by atoms with Crippen LogP contribution in [0.25, 0.3) is 21.7 Å². The molecule has 0 spiro atoms. The van der Waals surface area contributed by atoms with E-state index in [0.29, 0.717) is 28.3 Å². The van der Waals surface area contributed by atoms with E-state index in [-0.39, 0.29) is 49.6 Å². The monoisotopic (exact) mass is 894 g/mol. The second kappa shape index (κ2) is 20.5.